The molecule has 2 aliphatic rings. The highest BCUT2D eigenvalue weighted by Crippen LogP contribution is 2.54. The molecule has 0 radical (unpaired) electrons. The number of fused-ring (bicyclic) bond motifs is 19. The van der Waals surface area contributed by atoms with Crippen LogP contribution in [0, 0.1) is 0 Å². The topological polar surface area (TPSA) is 25.3 Å². The molecule has 252 valence electrons. The minimum Gasteiger partial charge on any atom is -0.456 e. The molecule has 12 rings (SSSR count). The molecular weight excluding hydrogens is 647 g/mol. The number of allylic oxidation sites excluding steroid dienone is 1. The third-order valence-corrected chi connectivity index (χ3v) is 13.3. The molecule has 0 fully saturated rings. The summed E-state index contributed by atoms with van der Waals surface area (Å²) in [6.45, 7) is 9.83. The zero-order chi connectivity index (χ0) is 35.2. The van der Waals surface area contributed by atoms with Crippen LogP contribution in [-0.2, 0) is 17.4 Å². The smallest absolute Gasteiger partial charge is 0.218 e. The van der Waals surface area contributed by atoms with Crippen LogP contribution < -0.4 is 9.13 Å². The summed E-state index contributed by atoms with van der Waals surface area (Å²) < 4.78 is 14.1. The molecule has 4 nitrogen and oxygen atoms in total. The van der Waals surface area contributed by atoms with E-state index in [1.807, 2.05) is 0 Å². The molecule has 2 atom stereocenters. The van der Waals surface area contributed by atoms with Gasteiger partial charge in [-0.2, -0.15) is 9.13 Å². The maximum Gasteiger partial charge on any atom is 0.218 e. The predicted molar refractivity (Wildman–Crippen MR) is 215 cm³/mol. The fraction of sp³-hybridized carbons (Fsp3) is 0.143. The van der Waals surface area contributed by atoms with Crippen molar-refractivity contribution in [1.29, 1.82) is 0 Å². The average molecular weight is 684 g/mol. The molecule has 10 aromatic rings. The Balaban J connectivity index is 1.23. The van der Waals surface area contributed by atoms with Crippen LogP contribution in [0.3, 0.4) is 0 Å². The summed E-state index contributed by atoms with van der Waals surface area (Å²) in [5, 5.41) is 7.41. The van der Waals surface area contributed by atoms with Gasteiger partial charge < -0.3 is 8.82 Å². The van der Waals surface area contributed by atoms with Crippen molar-refractivity contribution in [2.45, 2.75) is 44.1 Å². The van der Waals surface area contributed by atoms with Gasteiger partial charge in [0.05, 0.1) is 33.9 Å². The molecule has 0 amide bonds. The predicted octanol–water partition coefficient (Wildman–Crippen LogP) is 11.1. The number of benzene rings is 5. The van der Waals surface area contributed by atoms with Crippen LogP contribution in [0.4, 0.5) is 0 Å². The molecule has 0 aliphatic carbocycles. The van der Waals surface area contributed by atoms with Gasteiger partial charge in [0, 0.05) is 69.1 Å². The van der Waals surface area contributed by atoms with Gasteiger partial charge in [-0.1, -0.05) is 54.6 Å². The third kappa shape index (κ3) is 3.56. The summed E-state index contributed by atoms with van der Waals surface area (Å²) in [6, 6.07) is 47.0. The van der Waals surface area contributed by atoms with E-state index in [-0.39, 0.29) is 11.0 Å². The molecule has 0 saturated carbocycles. The van der Waals surface area contributed by atoms with E-state index in [1.54, 1.807) is 0 Å². The van der Waals surface area contributed by atoms with Gasteiger partial charge in [0.1, 0.15) is 11.2 Å². The monoisotopic (exact) mass is 683 g/mol. The first-order valence-electron chi connectivity index (χ1n) is 18.8. The summed E-state index contributed by atoms with van der Waals surface area (Å²) in [5.41, 5.74) is 14.0. The lowest BCUT2D eigenvalue weighted by molar-refractivity contribution is -0.766. The Bertz CT molecular complexity index is 3220. The number of hydrogen-bond acceptors (Lipinski definition) is 1. The lowest BCUT2D eigenvalue weighted by atomic mass is 9.59. The van der Waals surface area contributed by atoms with Crippen molar-refractivity contribution in [2.24, 2.45) is 0 Å². The highest BCUT2D eigenvalue weighted by molar-refractivity contribution is 6.35. The Labute approximate surface area is 306 Å². The van der Waals surface area contributed by atoms with Crippen LogP contribution >= 0.6 is 0 Å². The lowest BCUT2D eigenvalue weighted by Crippen LogP contribution is -2.68. The van der Waals surface area contributed by atoms with Crippen LogP contribution in [0.2, 0.25) is 0 Å². The maximum atomic E-state index is 6.62. The fourth-order valence-electron chi connectivity index (χ4n) is 10.6. The summed E-state index contributed by atoms with van der Waals surface area (Å²) in [5.74, 6) is 0. The number of hydrogen-bond donors (Lipinski definition) is 0. The Morgan fingerprint density at radius 1 is 0.642 bits per heavy atom. The number of para-hydroxylation sites is 2. The van der Waals surface area contributed by atoms with Gasteiger partial charge in [0.15, 0.2) is 23.6 Å². The van der Waals surface area contributed by atoms with Gasteiger partial charge in [-0.25, -0.2) is 0 Å². The molecule has 0 spiro atoms. The second-order valence-corrected chi connectivity index (χ2v) is 15.8. The average Bonchev–Trinajstić information content (AvgIpc) is 3.85. The largest absolute Gasteiger partial charge is 0.456 e. The fourth-order valence-corrected chi connectivity index (χ4v) is 10.6. The van der Waals surface area contributed by atoms with E-state index in [4.69, 9.17) is 11.0 Å². The van der Waals surface area contributed by atoms with E-state index < -0.39 is 0 Å². The standard InChI is InChI=1S/C49H37N3O/c1-30-29-49(3)48(2,23-22-31-14-4-5-15-32(31)39-18-10-12-24-50(30)39)38-28-42-37(26-36(38)40-19-11-13-25-51(40)49)46-45-34-17-7-9-21-43(34)53-44(45)27-35-33-16-6-8-20-41(33)52(42)47(35)46/h4-21,24-28H,1,22-23,29H2,2-3H3/q+2. The van der Waals surface area contributed by atoms with E-state index in [0.29, 0.717) is 0 Å². The molecule has 53 heavy (non-hydrogen) atoms. The normalized spacial score (nSPS) is 19.8. The second-order valence-electron chi connectivity index (χ2n) is 15.8. The zero-order valence-corrected chi connectivity index (χ0v) is 29.9. The quantitative estimate of drug-likeness (QED) is 0.146. The van der Waals surface area contributed by atoms with E-state index in [0.717, 1.165) is 36.1 Å². The number of aromatic nitrogens is 3. The maximum absolute atomic E-state index is 6.62. The number of furan rings is 1. The van der Waals surface area contributed by atoms with Gasteiger partial charge in [-0.3, -0.25) is 0 Å². The Morgan fingerprint density at radius 3 is 2.30 bits per heavy atom. The van der Waals surface area contributed by atoms with Crippen molar-refractivity contribution in [3.8, 4) is 22.5 Å². The third-order valence-electron chi connectivity index (χ3n) is 13.3. The number of aryl methyl sites for hydroxylation is 1. The van der Waals surface area contributed by atoms with Crippen molar-refractivity contribution in [3.05, 3.63) is 157 Å². The minimum atomic E-state index is -0.318. The first kappa shape index (κ1) is 29.3. The van der Waals surface area contributed by atoms with Crippen molar-refractivity contribution in [3.63, 3.8) is 0 Å². The van der Waals surface area contributed by atoms with Gasteiger partial charge >= 0.3 is 0 Å². The van der Waals surface area contributed by atoms with Crippen LogP contribution in [0.15, 0.2) is 151 Å². The zero-order valence-electron chi connectivity index (χ0n) is 29.9. The lowest BCUT2D eigenvalue weighted by Gasteiger charge is -2.47. The molecule has 2 aliphatic heterocycles. The highest BCUT2D eigenvalue weighted by Gasteiger charge is 2.59. The first-order chi connectivity index (χ1) is 25.9. The van der Waals surface area contributed by atoms with E-state index in [9.17, 15) is 0 Å². The Morgan fingerprint density at radius 2 is 1.40 bits per heavy atom. The van der Waals surface area contributed by atoms with Gasteiger partial charge in [-0.15, -0.1) is 0 Å². The highest BCUT2D eigenvalue weighted by atomic mass is 16.3. The Hall–Kier alpha value is -6.26. The van der Waals surface area contributed by atoms with Gasteiger partial charge in [-0.05, 0) is 86.0 Å². The number of pyridine rings is 2. The molecule has 5 aromatic heterocycles. The summed E-state index contributed by atoms with van der Waals surface area (Å²) in [4.78, 5) is 0. The molecule has 0 bridgehead atoms. The summed E-state index contributed by atoms with van der Waals surface area (Å²) in [7, 11) is 0. The molecule has 2 unspecified atom stereocenters. The molecular formula is C49H37N3O+2. The van der Waals surface area contributed by atoms with E-state index in [2.05, 4.69) is 167 Å². The van der Waals surface area contributed by atoms with Crippen molar-refractivity contribution in [1.82, 2.24) is 4.40 Å². The van der Waals surface area contributed by atoms with Crippen LogP contribution in [-0.4, -0.2) is 4.40 Å². The Kier molecular flexibility index (Phi) is 5.53. The molecule has 7 heterocycles. The van der Waals surface area contributed by atoms with Gasteiger partial charge in [0.25, 0.3) is 0 Å². The van der Waals surface area contributed by atoms with E-state index in [1.165, 1.54) is 82.5 Å². The van der Waals surface area contributed by atoms with Crippen molar-refractivity contribution in [2.75, 3.05) is 0 Å². The van der Waals surface area contributed by atoms with E-state index >= 15 is 0 Å². The van der Waals surface area contributed by atoms with Crippen LogP contribution in [0.1, 0.15) is 37.8 Å². The van der Waals surface area contributed by atoms with Crippen LogP contribution in [0.5, 0.6) is 0 Å². The van der Waals surface area contributed by atoms with Crippen molar-refractivity contribution >= 4 is 65.7 Å². The summed E-state index contributed by atoms with van der Waals surface area (Å²) in [6.07, 6.45) is 7.24. The van der Waals surface area contributed by atoms with Gasteiger partial charge in [0.2, 0.25) is 11.4 Å². The number of nitrogens with zero attached hydrogens (tertiary/aromatic N) is 3. The minimum absolute atomic E-state index is 0.256. The number of rotatable bonds is 0. The van der Waals surface area contributed by atoms with Crippen LogP contribution in [0.25, 0.3) is 88.2 Å². The molecule has 0 N–H and O–H groups in total. The molecule has 4 heteroatoms. The second kappa shape index (κ2) is 9.99. The molecule has 5 aromatic carbocycles. The first-order valence-corrected chi connectivity index (χ1v) is 18.8. The SMILES string of the molecule is C=C1CC2(C)[n+]3ccccc3-c3cc4c5c6c(cc7c8ccccc8n(c4cc3C2(C)CCc2ccccc2-c2cccc[n+]21)c75)oc1ccccc16. The molecule has 0 saturated heterocycles. The van der Waals surface area contributed by atoms with Crippen molar-refractivity contribution < 1.29 is 13.6 Å². The summed E-state index contributed by atoms with van der Waals surface area (Å²) >= 11 is 0.